The van der Waals surface area contributed by atoms with E-state index in [1.54, 1.807) is 42.5 Å². The van der Waals surface area contributed by atoms with Gasteiger partial charge in [-0.2, -0.15) is 0 Å². The van der Waals surface area contributed by atoms with Gasteiger partial charge in [-0.3, -0.25) is 0 Å². The summed E-state index contributed by atoms with van der Waals surface area (Å²) in [4.78, 5) is 0.184. The third-order valence-electron chi connectivity index (χ3n) is 3.54. The number of rotatable bonds is 3. The SMILES string of the molecule is Cc1ccc(S(=O)(=O)n2cc(CF)c3cc(Br)ccc32)cc1. The summed E-state index contributed by atoms with van der Waals surface area (Å²) < 4.78 is 40.7. The lowest BCUT2D eigenvalue weighted by Gasteiger charge is -2.08. The van der Waals surface area contributed by atoms with Gasteiger partial charge in [0, 0.05) is 21.6 Å². The number of aryl methyl sites for hydroxylation is 1. The summed E-state index contributed by atoms with van der Waals surface area (Å²) in [6.45, 7) is 1.17. The van der Waals surface area contributed by atoms with Crippen LogP contribution < -0.4 is 0 Å². The zero-order valence-electron chi connectivity index (χ0n) is 11.8. The smallest absolute Gasteiger partial charge is 0.246 e. The normalized spacial score (nSPS) is 12.0. The van der Waals surface area contributed by atoms with E-state index in [0.29, 0.717) is 16.5 Å². The molecule has 0 saturated carbocycles. The van der Waals surface area contributed by atoms with Crippen LogP contribution in [-0.2, 0) is 16.7 Å². The molecule has 0 aliphatic carbocycles. The Kier molecular flexibility index (Phi) is 3.82. The first-order valence-corrected chi connectivity index (χ1v) is 8.84. The predicted molar refractivity (Wildman–Crippen MR) is 88.2 cm³/mol. The molecule has 0 aliphatic rings. The van der Waals surface area contributed by atoms with E-state index in [1.807, 2.05) is 6.92 Å². The highest BCUT2D eigenvalue weighted by molar-refractivity contribution is 9.10. The van der Waals surface area contributed by atoms with Crippen molar-refractivity contribution in [2.45, 2.75) is 18.5 Å². The fourth-order valence-electron chi connectivity index (χ4n) is 2.37. The Morgan fingerprint density at radius 3 is 2.45 bits per heavy atom. The third kappa shape index (κ3) is 2.46. The second kappa shape index (κ2) is 5.52. The highest BCUT2D eigenvalue weighted by Gasteiger charge is 2.21. The van der Waals surface area contributed by atoms with E-state index in [0.717, 1.165) is 14.0 Å². The van der Waals surface area contributed by atoms with Crippen molar-refractivity contribution in [1.29, 1.82) is 0 Å². The molecule has 3 rings (SSSR count). The Morgan fingerprint density at radius 1 is 1.14 bits per heavy atom. The predicted octanol–water partition coefficient (Wildman–Crippen LogP) is 4.42. The molecular formula is C16H13BrFNO2S. The van der Waals surface area contributed by atoms with Gasteiger partial charge >= 0.3 is 0 Å². The first-order valence-electron chi connectivity index (χ1n) is 6.61. The summed E-state index contributed by atoms with van der Waals surface area (Å²) in [5.41, 5.74) is 1.80. The van der Waals surface area contributed by atoms with Crippen molar-refractivity contribution in [3.8, 4) is 0 Å². The molecule has 1 heterocycles. The first kappa shape index (κ1) is 15.2. The highest BCUT2D eigenvalue weighted by Crippen LogP contribution is 2.29. The molecule has 0 atom stereocenters. The average Bonchev–Trinajstić information content (AvgIpc) is 2.86. The van der Waals surface area contributed by atoms with Gasteiger partial charge < -0.3 is 0 Å². The van der Waals surface area contributed by atoms with Crippen LogP contribution in [0.15, 0.2) is 58.0 Å². The Bertz CT molecular complexity index is 946. The lowest BCUT2D eigenvalue weighted by molar-refractivity contribution is 0.487. The number of hydrogen-bond donors (Lipinski definition) is 0. The van der Waals surface area contributed by atoms with Gasteiger partial charge in [0.25, 0.3) is 10.0 Å². The van der Waals surface area contributed by atoms with Crippen LogP contribution in [0.3, 0.4) is 0 Å². The third-order valence-corrected chi connectivity index (χ3v) is 5.72. The van der Waals surface area contributed by atoms with E-state index in [1.165, 1.54) is 6.20 Å². The van der Waals surface area contributed by atoms with Crippen molar-refractivity contribution in [2.75, 3.05) is 0 Å². The Labute approximate surface area is 136 Å². The van der Waals surface area contributed by atoms with Gasteiger partial charge in [0.15, 0.2) is 0 Å². The summed E-state index contributed by atoms with van der Waals surface area (Å²) in [7, 11) is -3.75. The maximum absolute atomic E-state index is 13.2. The Morgan fingerprint density at radius 2 is 1.82 bits per heavy atom. The molecule has 0 saturated heterocycles. The van der Waals surface area contributed by atoms with Gasteiger partial charge in [0.05, 0.1) is 10.4 Å². The molecule has 0 spiro atoms. The minimum absolute atomic E-state index is 0.184. The topological polar surface area (TPSA) is 39.1 Å². The average molecular weight is 382 g/mol. The summed E-state index contributed by atoms with van der Waals surface area (Å²) >= 11 is 3.33. The maximum Gasteiger partial charge on any atom is 0.268 e. The molecule has 22 heavy (non-hydrogen) atoms. The summed E-state index contributed by atoms with van der Waals surface area (Å²) in [5, 5.41) is 0.590. The van der Waals surface area contributed by atoms with Crippen molar-refractivity contribution in [2.24, 2.45) is 0 Å². The molecule has 3 nitrogen and oxygen atoms in total. The number of alkyl halides is 1. The van der Waals surface area contributed by atoms with Crippen LogP contribution in [0.4, 0.5) is 4.39 Å². The van der Waals surface area contributed by atoms with Crippen LogP contribution >= 0.6 is 15.9 Å². The monoisotopic (exact) mass is 381 g/mol. The molecule has 0 N–H and O–H groups in total. The van der Waals surface area contributed by atoms with Crippen molar-refractivity contribution in [3.05, 3.63) is 64.3 Å². The van der Waals surface area contributed by atoms with Gasteiger partial charge in [0.2, 0.25) is 0 Å². The van der Waals surface area contributed by atoms with Gasteiger partial charge in [0.1, 0.15) is 6.67 Å². The molecule has 0 bridgehead atoms. The van der Waals surface area contributed by atoms with Gasteiger partial charge in [-0.1, -0.05) is 33.6 Å². The molecule has 0 aliphatic heterocycles. The van der Waals surface area contributed by atoms with E-state index < -0.39 is 16.7 Å². The van der Waals surface area contributed by atoms with Gasteiger partial charge in [-0.05, 0) is 37.3 Å². The zero-order valence-corrected chi connectivity index (χ0v) is 14.2. The van der Waals surface area contributed by atoms with Crippen molar-refractivity contribution < 1.29 is 12.8 Å². The quantitative estimate of drug-likeness (QED) is 0.673. The number of aromatic nitrogens is 1. The number of hydrogen-bond acceptors (Lipinski definition) is 2. The number of nitrogens with zero attached hydrogens (tertiary/aromatic N) is 1. The molecule has 0 radical (unpaired) electrons. The van der Waals surface area contributed by atoms with E-state index >= 15 is 0 Å². The molecule has 2 aromatic carbocycles. The van der Waals surface area contributed by atoms with Crippen LogP contribution in [0.2, 0.25) is 0 Å². The maximum atomic E-state index is 13.2. The standard InChI is InChI=1S/C16H13BrFNO2S/c1-11-2-5-14(6-3-11)22(20,21)19-10-12(9-18)15-8-13(17)4-7-16(15)19/h2-8,10H,9H2,1H3. The number of halogens is 2. The van der Waals surface area contributed by atoms with Gasteiger partial charge in [-0.25, -0.2) is 16.8 Å². The molecule has 6 heteroatoms. The van der Waals surface area contributed by atoms with Crippen LogP contribution in [0.25, 0.3) is 10.9 Å². The van der Waals surface area contributed by atoms with Crippen LogP contribution in [0.5, 0.6) is 0 Å². The van der Waals surface area contributed by atoms with Crippen molar-refractivity contribution in [3.63, 3.8) is 0 Å². The summed E-state index contributed by atoms with van der Waals surface area (Å²) in [5.74, 6) is 0. The summed E-state index contributed by atoms with van der Waals surface area (Å²) in [6, 6.07) is 11.7. The highest BCUT2D eigenvalue weighted by atomic mass is 79.9. The van der Waals surface area contributed by atoms with E-state index in [4.69, 9.17) is 0 Å². The lowest BCUT2D eigenvalue weighted by Crippen LogP contribution is -2.11. The fourth-order valence-corrected chi connectivity index (χ4v) is 4.12. The largest absolute Gasteiger partial charge is 0.268 e. The van der Waals surface area contributed by atoms with E-state index in [2.05, 4.69) is 15.9 Å². The zero-order chi connectivity index (χ0) is 15.9. The molecule has 114 valence electrons. The second-order valence-corrected chi connectivity index (χ2v) is 7.79. The van der Waals surface area contributed by atoms with Crippen molar-refractivity contribution in [1.82, 2.24) is 3.97 Å². The fraction of sp³-hybridized carbons (Fsp3) is 0.125. The molecule has 0 amide bonds. The summed E-state index contributed by atoms with van der Waals surface area (Å²) in [6.07, 6.45) is 1.35. The van der Waals surface area contributed by atoms with Crippen LogP contribution in [-0.4, -0.2) is 12.4 Å². The molecule has 1 aromatic heterocycles. The first-order chi connectivity index (χ1) is 10.4. The van der Waals surface area contributed by atoms with E-state index in [9.17, 15) is 12.8 Å². The Balaban J connectivity index is 2.27. The molecule has 0 fully saturated rings. The van der Waals surface area contributed by atoms with E-state index in [-0.39, 0.29) is 4.90 Å². The number of benzene rings is 2. The van der Waals surface area contributed by atoms with Crippen LogP contribution in [0, 0.1) is 6.92 Å². The molecular weight excluding hydrogens is 369 g/mol. The lowest BCUT2D eigenvalue weighted by atomic mass is 10.2. The second-order valence-electron chi connectivity index (χ2n) is 5.06. The van der Waals surface area contributed by atoms with Gasteiger partial charge in [-0.15, -0.1) is 0 Å². The van der Waals surface area contributed by atoms with Crippen molar-refractivity contribution >= 4 is 36.9 Å². The van der Waals surface area contributed by atoms with Crippen LogP contribution in [0.1, 0.15) is 11.1 Å². The minimum atomic E-state index is -3.75. The Hall–Kier alpha value is -1.66. The minimum Gasteiger partial charge on any atom is -0.246 e. The molecule has 3 aromatic rings. The number of fused-ring (bicyclic) bond motifs is 1. The molecule has 0 unspecified atom stereocenters.